The first-order chi connectivity index (χ1) is 12.6. The quantitative estimate of drug-likeness (QED) is 0.636. The van der Waals surface area contributed by atoms with E-state index in [1.807, 2.05) is 30.3 Å². The number of fused-ring (bicyclic) bond motifs is 1. The molecule has 4 nitrogen and oxygen atoms in total. The molecule has 0 bridgehead atoms. The van der Waals surface area contributed by atoms with Gasteiger partial charge in [0.25, 0.3) is 0 Å². The van der Waals surface area contributed by atoms with Crippen LogP contribution in [0.1, 0.15) is 30.0 Å². The van der Waals surface area contributed by atoms with E-state index in [2.05, 4.69) is 36.5 Å². The van der Waals surface area contributed by atoms with Crippen molar-refractivity contribution in [2.45, 2.75) is 31.6 Å². The van der Waals surface area contributed by atoms with Crippen molar-refractivity contribution in [2.75, 3.05) is 12.9 Å². The van der Waals surface area contributed by atoms with Gasteiger partial charge in [0, 0.05) is 10.5 Å². The van der Waals surface area contributed by atoms with E-state index in [9.17, 15) is 4.79 Å². The maximum Gasteiger partial charge on any atom is 0.250 e. The number of carbonyl (C=O) groups is 1. The Balaban J connectivity index is 1.66. The van der Waals surface area contributed by atoms with Crippen molar-refractivity contribution in [3.05, 3.63) is 59.2 Å². The number of methoxy groups -OCH3 is 1. The summed E-state index contributed by atoms with van der Waals surface area (Å²) in [6, 6.07) is 14.1. The van der Waals surface area contributed by atoms with Gasteiger partial charge in [-0.3, -0.25) is 4.79 Å². The summed E-state index contributed by atoms with van der Waals surface area (Å²) < 4.78 is 5.32. The third kappa shape index (κ3) is 4.47. The second-order valence-electron chi connectivity index (χ2n) is 6.68. The molecule has 0 aromatic heterocycles. The number of hydrogen-bond donors (Lipinski definition) is 1. The van der Waals surface area contributed by atoms with Crippen LogP contribution in [-0.4, -0.2) is 24.5 Å². The monoisotopic (exact) mass is 368 g/mol. The molecule has 0 unspecified atom stereocenters. The lowest BCUT2D eigenvalue weighted by atomic mass is 9.83. The number of amides is 1. The molecule has 1 aliphatic carbocycles. The van der Waals surface area contributed by atoms with E-state index in [1.165, 1.54) is 22.9 Å². The maximum atomic E-state index is 12.2. The first kappa shape index (κ1) is 18.5. The minimum atomic E-state index is -0.0842. The molecule has 1 amide bonds. The number of carbonyl (C=O) groups excluding carboxylic acids is 1. The van der Waals surface area contributed by atoms with Gasteiger partial charge in [-0.1, -0.05) is 25.1 Å². The van der Waals surface area contributed by atoms with Gasteiger partial charge in [-0.2, -0.15) is 5.10 Å². The van der Waals surface area contributed by atoms with Gasteiger partial charge in [0.05, 0.1) is 18.6 Å². The van der Waals surface area contributed by atoms with Crippen LogP contribution in [0.25, 0.3) is 0 Å². The Morgan fingerprint density at radius 3 is 2.85 bits per heavy atom. The first-order valence-electron chi connectivity index (χ1n) is 8.78. The SMILES string of the molecule is COc1ccc2c(c1)C[C@@H](C)C/C2=N/NC(=O)CSc1ccccc1C. The van der Waals surface area contributed by atoms with Crippen molar-refractivity contribution in [2.24, 2.45) is 11.0 Å². The Kier molecular flexibility index (Phi) is 5.99. The Labute approximate surface area is 159 Å². The molecule has 0 heterocycles. The van der Waals surface area contributed by atoms with Crippen molar-refractivity contribution in [1.82, 2.24) is 5.43 Å². The highest BCUT2D eigenvalue weighted by atomic mass is 32.2. The molecule has 0 radical (unpaired) electrons. The topological polar surface area (TPSA) is 50.7 Å². The molecule has 2 aromatic carbocycles. The fourth-order valence-electron chi connectivity index (χ4n) is 3.16. The Bertz CT molecular complexity index is 833. The van der Waals surface area contributed by atoms with Gasteiger partial charge in [0.1, 0.15) is 5.75 Å². The average Bonchev–Trinajstić information content (AvgIpc) is 2.64. The Morgan fingerprint density at radius 1 is 1.27 bits per heavy atom. The summed E-state index contributed by atoms with van der Waals surface area (Å²) in [7, 11) is 1.68. The van der Waals surface area contributed by atoms with Crippen molar-refractivity contribution in [3.63, 3.8) is 0 Å². The summed E-state index contributed by atoms with van der Waals surface area (Å²) >= 11 is 1.54. The molecule has 136 valence electrons. The van der Waals surface area contributed by atoms with E-state index in [1.54, 1.807) is 7.11 Å². The molecule has 0 spiro atoms. The van der Waals surface area contributed by atoms with Gasteiger partial charge < -0.3 is 4.74 Å². The van der Waals surface area contributed by atoms with E-state index < -0.39 is 0 Å². The smallest absolute Gasteiger partial charge is 0.250 e. The third-order valence-electron chi connectivity index (χ3n) is 4.50. The molecular formula is C21H24N2O2S. The lowest BCUT2D eigenvalue weighted by molar-refractivity contribution is -0.118. The highest BCUT2D eigenvalue weighted by Gasteiger charge is 2.21. The average molecular weight is 369 g/mol. The summed E-state index contributed by atoms with van der Waals surface area (Å²) in [6.07, 6.45) is 1.87. The predicted molar refractivity (Wildman–Crippen MR) is 107 cm³/mol. The molecule has 26 heavy (non-hydrogen) atoms. The Hall–Kier alpha value is -2.27. The molecule has 1 N–H and O–H groups in total. The number of hydrogen-bond acceptors (Lipinski definition) is 4. The molecule has 5 heteroatoms. The summed E-state index contributed by atoms with van der Waals surface area (Å²) in [5.74, 6) is 1.62. The number of rotatable bonds is 5. The summed E-state index contributed by atoms with van der Waals surface area (Å²) in [6.45, 7) is 4.25. The van der Waals surface area contributed by atoms with Crippen LogP contribution < -0.4 is 10.2 Å². The molecule has 1 atom stereocenters. The molecule has 0 saturated heterocycles. The fourth-order valence-corrected chi connectivity index (χ4v) is 3.99. The molecule has 0 fully saturated rings. The van der Waals surface area contributed by atoms with Gasteiger partial charge in [-0.05, 0) is 61.1 Å². The maximum absolute atomic E-state index is 12.2. The number of aryl methyl sites for hydroxylation is 1. The number of thioether (sulfide) groups is 1. The lowest BCUT2D eigenvalue weighted by Crippen LogP contribution is -2.25. The second kappa shape index (κ2) is 8.41. The second-order valence-corrected chi connectivity index (χ2v) is 7.70. The number of hydrazone groups is 1. The zero-order chi connectivity index (χ0) is 18.5. The van der Waals surface area contributed by atoms with Crippen molar-refractivity contribution in [3.8, 4) is 5.75 Å². The van der Waals surface area contributed by atoms with Gasteiger partial charge in [-0.25, -0.2) is 5.43 Å². The lowest BCUT2D eigenvalue weighted by Gasteiger charge is -2.23. The number of ether oxygens (including phenoxy) is 1. The van der Waals surface area contributed by atoms with E-state index in [-0.39, 0.29) is 5.91 Å². The Morgan fingerprint density at radius 2 is 2.08 bits per heavy atom. The molecule has 0 aliphatic heterocycles. The molecule has 1 aliphatic rings. The van der Waals surface area contributed by atoms with Gasteiger partial charge in [0.15, 0.2) is 0 Å². The zero-order valence-electron chi connectivity index (χ0n) is 15.4. The normalized spacial score (nSPS) is 17.7. The van der Waals surface area contributed by atoms with Gasteiger partial charge in [-0.15, -0.1) is 11.8 Å². The van der Waals surface area contributed by atoms with Crippen molar-refractivity contribution in [1.29, 1.82) is 0 Å². The van der Waals surface area contributed by atoms with Crippen LogP contribution >= 0.6 is 11.8 Å². The predicted octanol–water partition coefficient (Wildman–Crippen LogP) is 4.20. The minimum absolute atomic E-state index is 0.0842. The summed E-state index contributed by atoms with van der Waals surface area (Å²) in [5.41, 5.74) is 7.18. The number of nitrogens with one attached hydrogen (secondary N) is 1. The zero-order valence-corrected chi connectivity index (χ0v) is 16.2. The van der Waals surface area contributed by atoms with E-state index in [0.29, 0.717) is 11.7 Å². The van der Waals surface area contributed by atoms with Gasteiger partial charge in [0.2, 0.25) is 5.91 Å². The van der Waals surface area contributed by atoms with Crippen LogP contribution in [0.4, 0.5) is 0 Å². The minimum Gasteiger partial charge on any atom is -0.497 e. The third-order valence-corrected chi connectivity index (χ3v) is 5.68. The number of nitrogens with zero attached hydrogens (tertiary/aromatic N) is 1. The van der Waals surface area contributed by atoms with Crippen LogP contribution in [0.5, 0.6) is 5.75 Å². The van der Waals surface area contributed by atoms with E-state index in [4.69, 9.17) is 4.74 Å². The molecule has 0 saturated carbocycles. The van der Waals surface area contributed by atoms with Crippen LogP contribution in [0.2, 0.25) is 0 Å². The van der Waals surface area contributed by atoms with E-state index in [0.717, 1.165) is 34.8 Å². The summed E-state index contributed by atoms with van der Waals surface area (Å²) in [5, 5.41) is 4.43. The van der Waals surface area contributed by atoms with Gasteiger partial charge >= 0.3 is 0 Å². The highest BCUT2D eigenvalue weighted by Crippen LogP contribution is 2.29. The molecular weight excluding hydrogens is 344 g/mol. The fraction of sp³-hybridized carbons (Fsp3) is 0.333. The summed E-state index contributed by atoms with van der Waals surface area (Å²) in [4.78, 5) is 13.3. The van der Waals surface area contributed by atoms with Crippen LogP contribution in [0.15, 0.2) is 52.5 Å². The highest BCUT2D eigenvalue weighted by molar-refractivity contribution is 8.00. The van der Waals surface area contributed by atoms with Crippen molar-refractivity contribution >= 4 is 23.4 Å². The molecule has 3 rings (SSSR count). The van der Waals surface area contributed by atoms with Crippen molar-refractivity contribution < 1.29 is 9.53 Å². The number of benzene rings is 2. The van der Waals surface area contributed by atoms with E-state index >= 15 is 0 Å². The standard InChI is InChI=1S/C21H24N2O2S/c1-14-10-16-12-17(25-3)8-9-18(16)19(11-14)22-23-21(24)13-26-20-7-5-4-6-15(20)2/h4-9,12,14H,10-11,13H2,1-3H3,(H,23,24)/b22-19-/t14-/m1/s1. The van der Waals surface area contributed by atoms with Crippen LogP contribution in [0, 0.1) is 12.8 Å². The first-order valence-corrected chi connectivity index (χ1v) is 9.76. The largest absolute Gasteiger partial charge is 0.497 e. The van der Waals surface area contributed by atoms with Crippen LogP contribution in [0.3, 0.4) is 0 Å². The molecule has 2 aromatic rings. The van der Waals surface area contributed by atoms with Crippen LogP contribution in [-0.2, 0) is 11.2 Å².